The molecule has 8 heteroatoms. The minimum atomic E-state index is -0.679. The first kappa shape index (κ1) is 20.6. The van der Waals surface area contributed by atoms with Crippen molar-refractivity contribution in [2.75, 3.05) is 37.7 Å². The van der Waals surface area contributed by atoms with Gasteiger partial charge in [0.1, 0.15) is 0 Å². The van der Waals surface area contributed by atoms with E-state index in [1.165, 1.54) is 37.8 Å². The second-order valence-corrected chi connectivity index (χ2v) is 8.66. The van der Waals surface area contributed by atoms with E-state index < -0.39 is 10.9 Å². The fraction of sp³-hybridized carbons (Fsp3) is 0.636. The molecule has 0 spiro atoms. The first-order valence-corrected chi connectivity index (χ1v) is 11.0. The highest BCUT2D eigenvalue weighted by atomic mass is 16.6. The van der Waals surface area contributed by atoms with Crippen molar-refractivity contribution in [3.63, 3.8) is 0 Å². The molecule has 4 rings (SSSR count). The van der Waals surface area contributed by atoms with Gasteiger partial charge in [0.25, 0.3) is 11.6 Å². The SMILES string of the molecule is O=C(OCC(=O)N1CC[C@@H]2CCCC[C@H]2C1)c1cc([N+](=O)[O-])ccc1N1CCCC1. The van der Waals surface area contributed by atoms with Crippen LogP contribution in [0.3, 0.4) is 0 Å². The summed E-state index contributed by atoms with van der Waals surface area (Å²) < 4.78 is 5.33. The van der Waals surface area contributed by atoms with Gasteiger partial charge in [-0.3, -0.25) is 14.9 Å². The van der Waals surface area contributed by atoms with E-state index >= 15 is 0 Å². The number of non-ortho nitro benzene ring substituents is 1. The van der Waals surface area contributed by atoms with Crippen LogP contribution in [-0.4, -0.2) is 54.5 Å². The van der Waals surface area contributed by atoms with E-state index in [2.05, 4.69) is 0 Å². The third kappa shape index (κ3) is 4.42. The molecule has 162 valence electrons. The number of piperidine rings is 1. The first-order chi connectivity index (χ1) is 14.5. The van der Waals surface area contributed by atoms with Crippen LogP contribution in [0.5, 0.6) is 0 Å². The molecule has 1 aliphatic carbocycles. The van der Waals surface area contributed by atoms with Gasteiger partial charge in [0, 0.05) is 38.3 Å². The molecule has 8 nitrogen and oxygen atoms in total. The Hall–Kier alpha value is -2.64. The number of anilines is 1. The van der Waals surface area contributed by atoms with E-state index in [0.717, 1.165) is 44.8 Å². The molecule has 30 heavy (non-hydrogen) atoms. The second kappa shape index (κ2) is 9.02. The van der Waals surface area contributed by atoms with E-state index in [-0.39, 0.29) is 23.8 Å². The summed E-state index contributed by atoms with van der Waals surface area (Å²) >= 11 is 0. The lowest BCUT2D eigenvalue weighted by Crippen LogP contribution is -2.46. The molecule has 1 amide bonds. The predicted octanol–water partition coefficient (Wildman–Crippen LogP) is 3.39. The van der Waals surface area contributed by atoms with Gasteiger partial charge >= 0.3 is 5.97 Å². The molecule has 2 saturated heterocycles. The van der Waals surface area contributed by atoms with E-state index in [0.29, 0.717) is 18.2 Å². The smallest absolute Gasteiger partial charge is 0.341 e. The minimum absolute atomic E-state index is 0.157. The lowest BCUT2D eigenvalue weighted by Gasteiger charge is -2.41. The number of fused-ring (bicyclic) bond motifs is 1. The van der Waals surface area contributed by atoms with Crippen LogP contribution in [-0.2, 0) is 9.53 Å². The highest BCUT2D eigenvalue weighted by Crippen LogP contribution is 2.36. The number of hydrogen-bond acceptors (Lipinski definition) is 6. The van der Waals surface area contributed by atoms with Crippen LogP contribution in [0.15, 0.2) is 18.2 Å². The molecule has 3 fully saturated rings. The molecule has 0 N–H and O–H groups in total. The van der Waals surface area contributed by atoms with E-state index in [4.69, 9.17) is 4.74 Å². The Morgan fingerprint density at radius 2 is 1.77 bits per heavy atom. The Bertz CT molecular complexity index is 821. The highest BCUT2D eigenvalue weighted by molar-refractivity contribution is 5.97. The number of hydrogen-bond donors (Lipinski definition) is 0. The van der Waals surface area contributed by atoms with Crippen molar-refractivity contribution in [3.8, 4) is 0 Å². The van der Waals surface area contributed by atoms with Gasteiger partial charge < -0.3 is 14.5 Å². The molecule has 1 aromatic carbocycles. The first-order valence-electron chi connectivity index (χ1n) is 11.0. The molecule has 2 atom stereocenters. The van der Waals surface area contributed by atoms with Crippen LogP contribution in [0.25, 0.3) is 0 Å². The van der Waals surface area contributed by atoms with E-state index in [1.54, 1.807) is 6.07 Å². The molecule has 2 aliphatic heterocycles. The Morgan fingerprint density at radius 1 is 1.03 bits per heavy atom. The summed E-state index contributed by atoms with van der Waals surface area (Å²) in [6, 6.07) is 4.27. The molecule has 0 bridgehead atoms. The van der Waals surface area contributed by atoms with Crippen LogP contribution in [0.2, 0.25) is 0 Å². The van der Waals surface area contributed by atoms with Gasteiger partial charge in [-0.25, -0.2) is 4.79 Å². The zero-order valence-electron chi connectivity index (χ0n) is 17.3. The topological polar surface area (TPSA) is 93.0 Å². The molecule has 0 aromatic heterocycles. The number of benzene rings is 1. The molecule has 0 unspecified atom stereocenters. The Balaban J connectivity index is 1.41. The number of esters is 1. The van der Waals surface area contributed by atoms with Crippen LogP contribution in [0.4, 0.5) is 11.4 Å². The molecule has 1 aromatic rings. The third-order valence-electron chi connectivity index (χ3n) is 6.83. The van der Waals surface area contributed by atoms with Crippen LogP contribution >= 0.6 is 0 Å². The summed E-state index contributed by atoms with van der Waals surface area (Å²) in [6.07, 6.45) is 7.99. The number of nitro benzene ring substituents is 1. The third-order valence-corrected chi connectivity index (χ3v) is 6.83. The van der Waals surface area contributed by atoms with Crippen LogP contribution in [0.1, 0.15) is 55.3 Å². The number of ether oxygens (including phenoxy) is 1. The summed E-state index contributed by atoms with van der Waals surface area (Å²) in [5.74, 6) is 0.422. The van der Waals surface area contributed by atoms with Gasteiger partial charge in [-0.15, -0.1) is 0 Å². The van der Waals surface area contributed by atoms with Crippen LogP contribution in [0, 0.1) is 22.0 Å². The maximum absolute atomic E-state index is 12.8. The number of carbonyl (C=O) groups is 2. The van der Waals surface area contributed by atoms with Gasteiger partial charge in [0.05, 0.1) is 16.2 Å². The molecule has 0 radical (unpaired) electrons. The van der Waals surface area contributed by atoms with Gasteiger partial charge in [-0.05, 0) is 43.6 Å². The van der Waals surface area contributed by atoms with Crippen molar-refractivity contribution < 1.29 is 19.2 Å². The van der Waals surface area contributed by atoms with E-state index in [9.17, 15) is 19.7 Å². The van der Waals surface area contributed by atoms with Crippen molar-refractivity contribution in [2.45, 2.75) is 44.9 Å². The summed E-state index contributed by atoms with van der Waals surface area (Å²) in [4.78, 5) is 39.9. The van der Waals surface area contributed by atoms with Crippen molar-refractivity contribution in [2.24, 2.45) is 11.8 Å². The molecular weight excluding hydrogens is 386 g/mol. The summed E-state index contributed by atoms with van der Waals surface area (Å²) in [5.41, 5.74) is 0.638. The number of nitrogens with zero attached hydrogens (tertiary/aromatic N) is 3. The second-order valence-electron chi connectivity index (χ2n) is 8.66. The zero-order chi connectivity index (χ0) is 21.1. The van der Waals surface area contributed by atoms with Crippen molar-refractivity contribution >= 4 is 23.3 Å². The molecule has 3 aliphatic rings. The van der Waals surface area contributed by atoms with Crippen molar-refractivity contribution in [1.82, 2.24) is 4.90 Å². The number of amides is 1. The fourth-order valence-corrected chi connectivity index (χ4v) is 5.16. The van der Waals surface area contributed by atoms with Crippen molar-refractivity contribution in [1.29, 1.82) is 0 Å². The largest absolute Gasteiger partial charge is 0.452 e. The van der Waals surface area contributed by atoms with Crippen molar-refractivity contribution in [3.05, 3.63) is 33.9 Å². The van der Waals surface area contributed by atoms with Gasteiger partial charge in [-0.1, -0.05) is 19.3 Å². The minimum Gasteiger partial charge on any atom is -0.452 e. The van der Waals surface area contributed by atoms with Crippen LogP contribution < -0.4 is 4.90 Å². The maximum atomic E-state index is 12.8. The van der Waals surface area contributed by atoms with Gasteiger partial charge in [0.15, 0.2) is 6.61 Å². The monoisotopic (exact) mass is 415 g/mol. The summed E-state index contributed by atoms with van der Waals surface area (Å²) in [7, 11) is 0. The predicted molar refractivity (Wildman–Crippen MR) is 111 cm³/mol. The molecule has 2 heterocycles. The highest BCUT2D eigenvalue weighted by Gasteiger charge is 2.33. The maximum Gasteiger partial charge on any atom is 0.341 e. The molecule has 1 saturated carbocycles. The number of rotatable bonds is 5. The number of likely N-dealkylation sites (tertiary alicyclic amines) is 1. The Labute approximate surface area is 176 Å². The fourth-order valence-electron chi connectivity index (χ4n) is 5.16. The quantitative estimate of drug-likeness (QED) is 0.416. The summed E-state index contributed by atoms with van der Waals surface area (Å²) in [6.45, 7) is 2.74. The lowest BCUT2D eigenvalue weighted by atomic mass is 9.75. The van der Waals surface area contributed by atoms with Gasteiger partial charge in [-0.2, -0.15) is 0 Å². The molecular formula is C22H29N3O5. The average Bonchev–Trinajstić information content (AvgIpc) is 3.31. The van der Waals surface area contributed by atoms with E-state index in [1.807, 2.05) is 9.80 Å². The number of nitro groups is 1. The van der Waals surface area contributed by atoms with Gasteiger partial charge in [0.2, 0.25) is 0 Å². The lowest BCUT2D eigenvalue weighted by molar-refractivity contribution is -0.384. The normalized spacial score (nSPS) is 23.7. The standard InChI is InChI=1S/C22H29N3O5/c26-21(24-12-9-16-5-1-2-6-17(16)14-24)15-30-22(27)19-13-18(25(28)29)7-8-20(19)23-10-3-4-11-23/h7-8,13,16-17H,1-6,9-12,14-15H2/t16-,17-/m0/s1. The summed E-state index contributed by atoms with van der Waals surface area (Å²) in [5, 5.41) is 11.2. The number of carbonyl (C=O) groups excluding carboxylic acids is 2. The Kier molecular flexibility index (Phi) is 6.20. The average molecular weight is 415 g/mol. The Morgan fingerprint density at radius 3 is 2.50 bits per heavy atom. The zero-order valence-corrected chi connectivity index (χ0v) is 17.3.